The fourth-order valence-electron chi connectivity index (χ4n) is 6.88. The van der Waals surface area contributed by atoms with Crippen molar-refractivity contribution in [3.8, 4) is 0 Å². The summed E-state index contributed by atoms with van der Waals surface area (Å²) in [6, 6.07) is 29.3. The lowest BCUT2D eigenvalue weighted by Gasteiger charge is -2.52. The zero-order valence-corrected chi connectivity index (χ0v) is 21.9. The molecule has 7 nitrogen and oxygen atoms in total. The maximum atomic E-state index is 14.4. The molecule has 2 unspecified atom stereocenters. The molecule has 0 aromatic heterocycles. The Labute approximate surface area is 235 Å². The Morgan fingerprint density at radius 1 is 0.850 bits per heavy atom. The summed E-state index contributed by atoms with van der Waals surface area (Å²) in [5, 5.41) is 4.74. The summed E-state index contributed by atoms with van der Waals surface area (Å²) < 4.78 is 0. The number of nitrogens with one attached hydrogen (secondary N) is 1. The van der Waals surface area contributed by atoms with E-state index in [1.165, 1.54) is 4.90 Å². The molecule has 4 aromatic rings. The number of nitrogens with zero attached hydrogens (tertiary/aromatic N) is 2. The fourth-order valence-corrected chi connectivity index (χ4v) is 7.10. The van der Waals surface area contributed by atoms with Gasteiger partial charge in [0.2, 0.25) is 11.8 Å². The minimum Gasteiger partial charge on any atom is -0.398 e. The predicted molar refractivity (Wildman–Crippen MR) is 153 cm³/mol. The van der Waals surface area contributed by atoms with Gasteiger partial charge in [-0.3, -0.25) is 14.4 Å². The van der Waals surface area contributed by atoms with Crippen LogP contribution in [0.25, 0.3) is 0 Å². The van der Waals surface area contributed by atoms with Crippen molar-refractivity contribution in [2.75, 3.05) is 10.6 Å². The number of hydrogen-bond donors (Lipinski definition) is 2. The van der Waals surface area contributed by atoms with Crippen LogP contribution in [0.5, 0.6) is 0 Å². The third-order valence-corrected chi connectivity index (χ3v) is 8.74. The van der Waals surface area contributed by atoms with E-state index in [1.54, 1.807) is 54.7 Å². The SMILES string of the molecule is Nc1ccccc1C(=O)N/N=C/C12c3ccccc3C(c3ccccc31)C1C(=O)N(c3ccccc3Cl)C(=O)C12. The Bertz CT molecular complexity index is 1720. The molecular formula is C32H23ClN4O3. The first-order chi connectivity index (χ1) is 19.4. The van der Waals surface area contributed by atoms with Crippen LogP contribution in [0, 0.1) is 11.8 Å². The van der Waals surface area contributed by atoms with Gasteiger partial charge < -0.3 is 5.73 Å². The molecule has 1 heterocycles. The third kappa shape index (κ3) is 3.18. The number of imide groups is 1. The van der Waals surface area contributed by atoms with Gasteiger partial charge in [0.15, 0.2) is 0 Å². The van der Waals surface area contributed by atoms with Crippen LogP contribution < -0.4 is 16.1 Å². The van der Waals surface area contributed by atoms with Crippen molar-refractivity contribution in [2.45, 2.75) is 11.3 Å². The highest BCUT2D eigenvalue weighted by Crippen LogP contribution is 2.63. The first-order valence-electron chi connectivity index (χ1n) is 13.0. The number of nitrogen functional groups attached to an aromatic ring is 1. The summed E-state index contributed by atoms with van der Waals surface area (Å²) in [7, 11) is 0. The quantitative estimate of drug-likeness (QED) is 0.164. The van der Waals surface area contributed by atoms with Gasteiger partial charge in [-0.15, -0.1) is 0 Å². The third-order valence-electron chi connectivity index (χ3n) is 8.42. The molecule has 3 aliphatic carbocycles. The van der Waals surface area contributed by atoms with E-state index in [0.29, 0.717) is 22.0 Å². The topological polar surface area (TPSA) is 105 Å². The molecule has 4 aromatic carbocycles. The van der Waals surface area contributed by atoms with Crippen molar-refractivity contribution in [3.63, 3.8) is 0 Å². The first kappa shape index (κ1) is 24.3. The second kappa shape index (κ2) is 8.89. The van der Waals surface area contributed by atoms with Gasteiger partial charge in [-0.25, -0.2) is 10.3 Å². The number of rotatable bonds is 4. The number of hydrazone groups is 1. The second-order valence-electron chi connectivity index (χ2n) is 10.3. The number of carbonyl (C=O) groups is 3. The monoisotopic (exact) mass is 546 g/mol. The molecular weight excluding hydrogens is 524 g/mol. The van der Waals surface area contributed by atoms with Gasteiger partial charge in [0.1, 0.15) is 0 Å². The Kier molecular flexibility index (Phi) is 5.40. The van der Waals surface area contributed by atoms with Crippen LogP contribution in [0.3, 0.4) is 0 Å². The van der Waals surface area contributed by atoms with Crippen molar-refractivity contribution in [1.82, 2.24) is 5.43 Å². The second-order valence-corrected chi connectivity index (χ2v) is 10.7. The van der Waals surface area contributed by atoms with E-state index in [1.807, 2.05) is 48.5 Å². The van der Waals surface area contributed by atoms with Gasteiger partial charge >= 0.3 is 0 Å². The van der Waals surface area contributed by atoms with Crippen LogP contribution in [-0.2, 0) is 15.0 Å². The van der Waals surface area contributed by atoms with Crippen molar-refractivity contribution in [2.24, 2.45) is 16.9 Å². The summed E-state index contributed by atoms with van der Waals surface area (Å²) >= 11 is 6.49. The number of amides is 3. The number of halogens is 1. The zero-order valence-electron chi connectivity index (χ0n) is 21.1. The van der Waals surface area contributed by atoms with Crippen LogP contribution in [0.15, 0.2) is 102 Å². The van der Waals surface area contributed by atoms with Gasteiger partial charge in [0, 0.05) is 17.8 Å². The van der Waals surface area contributed by atoms with Crippen molar-refractivity contribution in [3.05, 3.63) is 130 Å². The lowest BCUT2D eigenvalue weighted by Crippen LogP contribution is -2.54. The molecule has 3 N–H and O–H groups in total. The smallest absolute Gasteiger partial charge is 0.273 e. The van der Waals surface area contributed by atoms with Gasteiger partial charge in [0.25, 0.3) is 5.91 Å². The summed E-state index contributed by atoms with van der Waals surface area (Å²) in [6.45, 7) is 0. The van der Waals surface area contributed by atoms with Crippen molar-refractivity contribution >= 4 is 46.9 Å². The number of para-hydroxylation sites is 2. The van der Waals surface area contributed by atoms with Crippen LogP contribution >= 0.6 is 11.6 Å². The molecule has 8 rings (SSSR count). The molecule has 2 bridgehead atoms. The average Bonchev–Trinajstić information content (AvgIpc) is 3.24. The normalized spacial score (nSPS) is 24.1. The van der Waals surface area contributed by atoms with Crippen LogP contribution in [0.2, 0.25) is 5.02 Å². The summed E-state index contributed by atoms with van der Waals surface area (Å²) in [6.07, 6.45) is 1.62. The van der Waals surface area contributed by atoms with Gasteiger partial charge in [0.05, 0.1) is 33.5 Å². The van der Waals surface area contributed by atoms with Crippen LogP contribution in [0.1, 0.15) is 38.5 Å². The van der Waals surface area contributed by atoms with E-state index in [9.17, 15) is 14.4 Å². The maximum absolute atomic E-state index is 14.4. The standard InChI is InChI=1S/C32H23ClN4O3/c33-23-14-6-8-16-25(23)37-30(39)27-26-18-9-1-4-12-21(18)32(28(27)31(37)40,22-13-5-2-10-19(22)26)17-35-36-29(38)20-11-3-7-15-24(20)34/h1-17,26-28H,34H2,(H,36,38)/b35-17+. The molecule has 4 aliphatic rings. The lowest BCUT2D eigenvalue weighted by molar-refractivity contribution is -0.122. The Hall–Kier alpha value is -4.75. The molecule has 2 atom stereocenters. The predicted octanol–water partition coefficient (Wildman–Crippen LogP) is 4.89. The highest BCUT2D eigenvalue weighted by molar-refractivity contribution is 6.36. The van der Waals surface area contributed by atoms with E-state index in [0.717, 1.165) is 22.3 Å². The highest BCUT2D eigenvalue weighted by Gasteiger charge is 2.68. The lowest BCUT2D eigenvalue weighted by atomic mass is 9.47. The molecule has 196 valence electrons. The average molecular weight is 547 g/mol. The van der Waals surface area contributed by atoms with E-state index in [-0.39, 0.29) is 17.7 Å². The summed E-state index contributed by atoms with van der Waals surface area (Å²) in [5.74, 6) is -2.87. The van der Waals surface area contributed by atoms with E-state index in [4.69, 9.17) is 17.3 Å². The molecule has 0 radical (unpaired) electrons. The molecule has 1 saturated heterocycles. The Morgan fingerprint density at radius 3 is 2.12 bits per heavy atom. The summed E-state index contributed by atoms with van der Waals surface area (Å²) in [5.41, 5.74) is 12.2. The van der Waals surface area contributed by atoms with Gasteiger partial charge in [-0.2, -0.15) is 5.10 Å². The van der Waals surface area contributed by atoms with E-state index < -0.39 is 23.2 Å². The van der Waals surface area contributed by atoms with E-state index >= 15 is 0 Å². The Morgan fingerprint density at radius 2 is 1.45 bits per heavy atom. The minimum atomic E-state index is -1.11. The first-order valence-corrected chi connectivity index (χ1v) is 13.3. The molecule has 0 spiro atoms. The molecule has 1 aliphatic heterocycles. The van der Waals surface area contributed by atoms with Crippen LogP contribution in [-0.4, -0.2) is 23.9 Å². The van der Waals surface area contributed by atoms with Crippen LogP contribution in [0.4, 0.5) is 11.4 Å². The largest absolute Gasteiger partial charge is 0.398 e. The van der Waals surface area contributed by atoms with E-state index in [2.05, 4.69) is 10.5 Å². The maximum Gasteiger partial charge on any atom is 0.273 e. The fraction of sp³-hybridized carbons (Fsp3) is 0.125. The van der Waals surface area contributed by atoms with Crippen molar-refractivity contribution < 1.29 is 14.4 Å². The summed E-state index contributed by atoms with van der Waals surface area (Å²) in [4.78, 5) is 42.7. The molecule has 3 amide bonds. The number of benzene rings is 4. The Balaban J connectivity index is 1.42. The number of anilines is 2. The molecule has 40 heavy (non-hydrogen) atoms. The number of carbonyl (C=O) groups excluding carboxylic acids is 3. The number of hydrogen-bond acceptors (Lipinski definition) is 5. The highest BCUT2D eigenvalue weighted by atomic mass is 35.5. The molecule has 1 fully saturated rings. The zero-order chi connectivity index (χ0) is 27.6. The van der Waals surface area contributed by atoms with Gasteiger partial charge in [-0.1, -0.05) is 84.4 Å². The molecule has 0 saturated carbocycles. The van der Waals surface area contributed by atoms with Gasteiger partial charge in [-0.05, 0) is 46.5 Å². The molecule has 8 heteroatoms. The number of nitrogens with two attached hydrogens (primary N) is 1. The minimum absolute atomic E-state index is 0.292. The van der Waals surface area contributed by atoms with Crippen molar-refractivity contribution in [1.29, 1.82) is 0 Å².